The van der Waals surface area contributed by atoms with Crippen molar-refractivity contribution in [2.45, 2.75) is 33.1 Å². The van der Waals surface area contributed by atoms with Crippen molar-refractivity contribution in [2.75, 3.05) is 12.0 Å². The van der Waals surface area contributed by atoms with Gasteiger partial charge in [-0.3, -0.25) is 5.43 Å². The van der Waals surface area contributed by atoms with Gasteiger partial charge in [0.15, 0.2) is 11.6 Å². The van der Waals surface area contributed by atoms with E-state index < -0.39 is 5.69 Å². The number of hydrogen-bond donors (Lipinski definition) is 2. The number of hydrogen-bond acceptors (Lipinski definition) is 6. The first kappa shape index (κ1) is 19.2. The van der Waals surface area contributed by atoms with Gasteiger partial charge in [-0.1, -0.05) is 44.0 Å². The molecule has 25 heavy (non-hydrogen) atoms. The molecule has 134 valence electrons. The average Bonchev–Trinajstić information content (AvgIpc) is 2.50. The molecule has 2 rings (SSSR count). The number of aromatic nitrogens is 3. The Morgan fingerprint density at radius 2 is 1.96 bits per heavy atom. The number of H-pyrrole nitrogens is 1. The van der Waals surface area contributed by atoms with Crippen molar-refractivity contribution in [3.63, 3.8) is 0 Å². The molecule has 0 aliphatic rings. The monoisotopic (exact) mass is 383 g/mol. The molecule has 0 saturated heterocycles. The quantitative estimate of drug-likeness (QED) is 0.607. The molecular weight excluding hydrogens is 365 g/mol. The molecule has 2 aromatic rings. The van der Waals surface area contributed by atoms with Gasteiger partial charge in [0.25, 0.3) is 0 Å². The fourth-order valence-corrected chi connectivity index (χ4v) is 2.65. The van der Waals surface area contributed by atoms with E-state index in [2.05, 4.69) is 25.7 Å². The first-order chi connectivity index (χ1) is 11.7. The van der Waals surface area contributed by atoms with E-state index in [4.69, 9.17) is 27.9 Å². The highest BCUT2D eigenvalue weighted by atomic mass is 35.5. The maximum atomic E-state index is 11.4. The molecule has 9 heteroatoms. The zero-order chi connectivity index (χ0) is 18.6. The van der Waals surface area contributed by atoms with Gasteiger partial charge in [-0.05, 0) is 24.6 Å². The third kappa shape index (κ3) is 4.93. The Bertz CT molecular complexity index is 820. The highest BCUT2D eigenvalue weighted by Gasteiger charge is 2.21. The summed E-state index contributed by atoms with van der Waals surface area (Å²) >= 11 is 12.3. The highest BCUT2D eigenvalue weighted by molar-refractivity contribution is 6.37. The first-order valence-corrected chi connectivity index (χ1v) is 8.36. The lowest BCUT2D eigenvalue weighted by molar-refractivity contribution is 0.340. The lowest BCUT2D eigenvalue weighted by Crippen LogP contribution is -2.24. The molecule has 0 unspecified atom stereocenters. The van der Waals surface area contributed by atoms with Gasteiger partial charge in [0, 0.05) is 5.41 Å². The number of benzene rings is 1. The molecule has 0 bridgehead atoms. The molecule has 0 amide bonds. The maximum absolute atomic E-state index is 11.4. The number of halogens is 2. The Morgan fingerprint density at radius 3 is 2.52 bits per heavy atom. The number of hydrazone groups is 1. The van der Waals surface area contributed by atoms with Crippen LogP contribution in [-0.4, -0.2) is 28.0 Å². The minimum atomic E-state index is -0.558. The Kier molecular flexibility index (Phi) is 6.02. The van der Waals surface area contributed by atoms with Crippen molar-refractivity contribution >= 4 is 35.2 Å². The summed E-state index contributed by atoms with van der Waals surface area (Å²) in [5, 5.41) is 11.2. The Labute approximate surface area is 155 Å². The molecule has 0 saturated carbocycles. The van der Waals surface area contributed by atoms with Crippen molar-refractivity contribution in [1.82, 2.24) is 15.2 Å². The largest absolute Gasteiger partial charge is 0.491 e. The Hall–Kier alpha value is -2.12. The van der Waals surface area contributed by atoms with Gasteiger partial charge in [-0.15, -0.1) is 0 Å². The van der Waals surface area contributed by atoms with E-state index in [1.807, 2.05) is 27.7 Å². The zero-order valence-corrected chi connectivity index (χ0v) is 15.9. The minimum Gasteiger partial charge on any atom is -0.491 e. The SMILES string of the molecule is CCOc1c(Cl)cc(/C=N/Nc2nc(=O)[nH]nc2C(C)(C)C)cc1Cl. The summed E-state index contributed by atoms with van der Waals surface area (Å²) in [6, 6.07) is 3.36. The van der Waals surface area contributed by atoms with Crippen LogP contribution in [0.2, 0.25) is 10.0 Å². The molecule has 0 aliphatic carbocycles. The summed E-state index contributed by atoms with van der Waals surface area (Å²) in [5.41, 5.74) is 3.13. The minimum absolute atomic E-state index is 0.288. The standard InChI is InChI=1S/C16H19Cl2N5O2/c1-5-25-12-10(17)6-9(7-11(12)18)8-19-22-14-13(16(2,3)4)21-23-15(24)20-14/h6-8H,5H2,1-4H3,(H2,20,22,23,24)/b19-8+. The predicted molar refractivity (Wildman–Crippen MR) is 100 cm³/mol. The van der Waals surface area contributed by atoms with Crippen LogP contribution >= 0.6 is 23.2 Å². The van der Waals surface area contributed by atoms with Gasteiger partial charge in [0.2, 0.25) is 0 Å². The van der Waals surface area contributed by atoms with E-state index in [9.17, 15) is 4.79 Å². The van der Waals surface area contributed by atoms with Gasteiger partial charge < -0.3 is 4.74 Å². The van der Waals surface area contributed by atoms with E-state index in [-0.39, 0.29) is 11.2 Å². The van der Waals surface area contributed by atoms with Gasteiger partial charge in [0.05, 0.1) is 22.9 Å². The number of ether oxygens (including phenoxy) is 1. The van der Waals surface area contributed by atoms with E-state index >= 15 is 0 Å². The molecule has 0 fully saturated rings. The summed E-state index contributed by atoms with van der Waals surface area (Å²) in [6.07, 6.45) is 1.52. The van der Waals surface area contributed by atoms with Crippen LogP contribution in [0.1, 0.15) is 39.0 Å². The van der Waals surface area contributed by atoms with Crippen LogP contribution < -0.4 is 15.9 Å². The summed E-state index contributed by atoms with van der Waals surface area (Å²) in [7, 11) is 0. The van der Waals surface area contributed by atoms with Crippen molar-refractivity contribution in [3.8, 4) is 5.75 Å². The van der Waals surface area contributed by atoms with Crippen LogP contribution in [0.3, 0.4) is 0 Å². The molecule has 1 aromatic heterocycles. The summed E-state index contributed by atoms with van der Waals surface area (Å²) < 4.78 is 5.38. The van der Waals surface area contributed by atoms with E-state index in [1.54, 1.807) is 12.1 Å². The number of anilines is 1. The van der Waals surface area contributed by atoms with Crippen molar-refractivity contribution in [3.05, 3.63) is 43.9 Å². The topological polar surface area (TPSA) is 92.3 Å². The van der Waals surface area contributed by atoms with Crippen molar-refractivity contribution in [1.29, 1.82) is 0 Å². The Balaban J connectivity index is 2.25. The third-order valence-electron chi connectivity index (χ3n) is 3.10. The van der Waals surface area contributed by atoms with Crippen molar-refractivity contribution in [2.24, 2.45) is 5.10 Å². The molecule has 1 heterocycles. The van der Waals surface area contributed by atoms with Crippen LogP contribution in [0, 0.1) is 0 Å². The lowest BCUT2D eigenvalue weighted by Gasteiger charge is -2.18. The number of rotatable bonds is 5. The average molecular weight is 384 g/mol. The Morgan fingerprint density at radius 1 is 1.32 bits per heavy atom. The molecule has 7 nitrogen and oxygen atoms in total. The lowest BCUT2D eigenvalue weighted by atomic mass is 9.92. The molecule has 1 aromatic carbocycles. The second-order valence-electron chi connectivity index (χ2n) is 6.20. The molecule has 2 N–H and O–H groups in total. The van der Waals surface area contributed by atoms with Crippen LogP contribution in [0.25, 0.3) is 0 Å². The van der Waals surface area contributed by atoms with Gasteiger partial charge in [-0.2, -0.15) is 15.2 Å². The van der Waals surface area contributed by atoms with E-state index in [1.165, 1.54) is 6.21 Å². The second kappa shape index (κ2) is 7.84. The van der Waals surface area contributed by atoms with Crippen molar-refractivity contribution < 1.29 is 4.74 Å². The predicted octanol–water partition coefficient (Wildman–Crippen LogP) is 3.61. The fourth-order valence-electron chi connectivity index (χ4n) is 2.04. The number of aromatic amines is 1. The second-order valence-corrected chi connectivity index (χ2v) is 7.02. The molecule has 0 aliphatic heterocycles. The van der Waals surface area contributed by atoms with Crippen LogP contribution in [0.4, 0.5) is 5.82 Å². The van der Waals surface area contributed by atoms with Gasteiger partial charge in [0.1, 0.15) is 5.69 Å². The van der Waals surface area contributed by atoms with Gasteiger partial charge in [-0.25, -0.2) is 9.89 Å². The normalized spacial score (nSPS) is 11.8. The maximum Gasteiger partial charge on any atom is 0.363 e. The highest BCUT2D eigenvalue weighted by Crippen LogP contribution is 2.33. The van der Waals surface area contributed by atoms with E-state index in [0.29, 0.717) is 33.7 Å². The van der Waals surface area contributed by atoms with Crippen LogP contribution in [-0.2, 0) is 5.41 Å². The summed E-state index contributed by atoms with van der Waals surface area (Å²) in [5.74, 6) is 0.724. The van der Waals surface area contributed by atoms with Gasteiger partial charge >= 0.3 is 5.69 Å². The number of nitrogens with one attached hydrogen (secondary N) is 2. The number of nitrogens with zero attached hydrogens (tertiary/aromatic N) is 3. The summed E-state index contributed by atoms with van der Waals surface area (Å²) in [4.78, 5) is 15.3. The third-order valence-corrected chi connectivity index (χ3v) is 3.67. The van der Waals surface area contributed by atoms with Crippen LogP contribution in [0.5, 0.6) is 5.75 Å². The zero-order valence-electron chi connectivity index (χ0n) is 14.4. The molecule has 0 radical (unpaired) electrons. The fraction of sp³-hybridized carbons (Fsp3) is 0.375. The smallest absolute Gasteiger partial charge is 0.363 e. The first-order valence-electron chi connectivity index (χ1n) is 7.60. The van der Waals surface area contributed by atoms with E-state index in [0.717, 1.165) is 0 Å². The molecular formula is C16H19Cl2N5O2. The molecule has 0 spiro atoms. The molecule has 0 atom stereocenters. The summed E-state index contributed by atoms with van der Waals surface area (Å²) in [6.45, 7) is 8.18. The van der Waals surface area contributed by atoms with Crippen LogP contribution in [0.15, 0.2) is 22.0 Å².